The fourth-order valence-electron chi connectivity index (χ4n) is 1.99. The van der Waals surface area contributed by atoms with Gasteiger partial charge in [0.2, 0.25) is 20.0 Å². The Morgan fingerprint density at radius 3 is 2.57 bits per heavy atom. The fourth-order valence-corrected chi connectivity index (χ4v) is 4.22. The first kappa shape index (κ1) is 16.5. The van der Waals surface area contributed by atoms with Crippen molar-refractivity contribution in [3.05, 3.63) is 23.2 Å². The zero-order valence-electron chi connectivity index (χ0n) is 11.0. The van der Waals surface area contributed by atoms with Crippen LogP contribution in [-0.2, 0) is 24.8 Å². The predicted molar refractivity (Wildman–Crippen MR) is 79.2 cm³/mol. The molecule has 0 amide bonds. The van der Waals surface area contributed by atoms with Crippen molar-refractivity contribution in [2.24, 2.45) is 5.14 Å². The van der Waals surface area contributed by atoms with E-state index < -0.39 is 20.0 Å². The van der Waals surface area contributed by atoms with E-state index in [0.29, 0.717) is 13.0 Å². The number of nitrogens with one attached hydrogen (secondary N) is 1. The third-order valence-electron chi connectivity index (χ3n) is 2.96. The molecule has 1 fully saturated rings. The van der Waals surface area contributed by atoms with E-state index in [1.165, 1.54) is 12.1 Å². The van der Waals surface area contributed by atoms with Gasteiger partial charge in [-0.15, -0.1) is 0 Å². The van der Waals surface area contributed by atoms with Crippen LogP contribution in [0.1, 0.15) is 12.8 Å². The molecule has 1 unspecified atom stereocenters. The van der Waals surface area contributed by atoms with Gasteiger partial charge in [0.25, 0.3) is 0 Å². The number of sulfonamides is 2. The normalized spacial score (nSPS) is 19.6. The van der Waals surface area contributed by atoms with Crippen LogP contribution >= 0.6 is 11.6 Å². The Bertz CT molecular complexity index is 727. The highest BCUT2D eigenvalue weighted by atomic mass is 35.5. The Labute approximate surface area is 128 Å². The molecule has 1 aromatic rings. The summed E-state index contributed by atoms with van der Waals surface area (Å²) in [6.45, 7) is 0.560. The molecule has 0 aromatic heterocycles. The maximum absolute atomic E-state index is 12.0. The van der Waals surface area contributed by atoms with Crippen LogP contribution in [0.15, 0.2) is 23.1 Å². The molecule has 1 saturated heterocycles. The molecule has 1 aromatic carbocycles. The van der Waals surface area contributed by atoms with Crippen molar-refractivity contribution in [3.63, 3.8) is 0 Å². The van der Waals surface area contributed by atoms with E-state index in [4.69, 9.17) is 21.5 Å². The van der Waals surface area contributed by atoms with E-state index in [1.807, 2.05) is 0 Å². The molecule has 1 aliphatic rings. The first-order valence-electron chi connectivity index (χ1n) is 6.12. The summed E-state index contributed by atoms with van der Waals surface area (Å²) < 4.78 is 53.9. The summed E-state index contributed by atoms with van der Waals surface area (Å²) >= 11 is 5.88. The Kier molecular flexibility index (Phi) is 4.79. The SMILES string of the molecule is NS(=O)(=O)c1ccc(NS(=O)(=O)CC2CCCO2)c(Cl)c1. The fraction of sp³-hybridized carbons (Fsp3) is 0.455. The highest BCUT2D eigenvalue weighted by Crippen LogP contribution is 2.26. The topological polar surface area (TPSA) is 116 Å². The van der Waals surface area contributed by atoms with Gasteiger partial charge >= 0.3 is 0 Å². The number of nitrogens with two attached hydrogens (primary N) is 1. The Morgan fingerprint density at radius 1 is 1.33 bits per heavy atom. The first-order valence-corrected chi connectivity index (χ1v) is 9.69. The zero-order valence-corrected chi connectivity index (χ0v) is 13.3. The van der Waals surface area contributed by atoms with E-state index in [9.17, 15) is 16.8 Å². The minimum absolute atomic E-state index is 0.0440. The van der Waals surface area contributed by atoms with E-state index >= 15 is 0 Å². The van der Waals surface area contributed by atoms with Crippen molar-refractivity contribution in [1.29, 1.82) is 0 Å². The number of benzene rings is 1. The smallest absolute Gasteiger partial charge is 0.238 e. The van der Waals surface area contributed by atoms with E-state index in [1.54, 1.807) is 0 Å². The second-order valence-electron chi connectivity index (χ2n) is 4.71. The van der Waals surface area contributed by atoms with Crippen LogP contribution in [0.3, 0.4) is 0 Å². The first-order chi connectivity index (χ1) is 9.67. The van der Waals surface area contributed by atoms with Crippen LogP contribution in [0.5, 0.6) is 0 Å². The molecule has 7 nitrogen and oxygen atoms in total. The van der Waals surface area contributed by atoms with Crippen molar-refractivity contribution >= 4 is 37.3 Å². The number of halogens is 1. The second kappa shape index (κ2) is 6.09. The van der Waals surface area contributed by atoms with Crippen LogP contribution < -0.4 is 9.86 Å². The lowest BCUT2D eigenvalue weighted by Crippen LogP contribution is -2.25. The average Bonchev–Trinajstić information content (AvgIpc) is 2.82. The molecule has 1 heterocycles. The molecule has 0 radical (unpaired) electrons. The van der Waals surface area contributed by atoms with E-state index in [-0.39, 0.29) is 27.5 Å². The lowest BCUT2D eigenvalue weighted by Gasteiger charge is -2.13. The van der Waals surface area contributed by atoms with E-state index in [0.717, 1.165) is 12.5 Å². The molecule has 118 valence electrons. The largest absolute Gasteiger partial charge is 0.377 e. The van der Waals surface area contributed by atoms with Crippen LogP contribution in [0, 0.1) is 0 Å². The summed E-state index contributed by atoms with van der Waals surface area (Å²) in [7, 11) is -7.52. The Hall–Kier alpha value is -0.870. The van der Waals surface area contributed by atoms with Gasteiger partial charge in [0.05, 0.1) is 27.5 Å². The predicted octanol–water partition coefficient (Wildman–Crippen LogP) is 0.908. The Balaban J connectivity index is 2.15. The lowest BCUT2D eigenvalue weighted by atomic mass is 10.3. The lowest BCUT2D eigenvalue weighted by molar-refractivity contribution is 0.127. The molecular weight excluding hydrogens is 340 g/mol. The van der Waals surface area contributed by atoms with Gasteiger partial charge in [0.15, 0.2) is 0 Å². The maximum atomic E-state index is 12.0. The number of primary sulfonamides is 1. The number of ether oxygens (including phenoxy) is 1. The molecule has 0 saturated carbocycles. The molecule has 3 N–H and O–H groups in total. The van der Waals surface area contributed by atoms with Crippen molar-refractivity contribution in [2.45, 2.75) is 23.8 Å². The van der Waals surface area contributed by atoms with Gasteiger partial charge in [0.1, 0.15) is 0 Å². The minimum atomic E-state index is -3.89. The van der Waals surface area contributed by atoms with Crippen molar-refractivity contribution in [1.82, 2.24) is 0 Å². The van der Waals surface area contributed by atoms with E-state index in [2.05, 4.69) is 4.72 Å². The number of hydrogen-bond donors (Lipinski definition) is 2. The van der Waals surface area contributed by atoms with Crippen molar-refractivity contribution in [3.8, 4) is 0 Å². The monoisotopic (exact) mass is 354 g/mol. The summed E-state index contributed by atoms with van der Waals surface area (Å²) in [4.78, 5) is -0.186. The van der Waals surface area contributed by atoms with Gasteiger partial charge in [-0.25, -0.2) is 22.0 Å². The zero-order chi connectivity index (χ0) is 15.7. The number of anilines is 1. The Morgan fingerprint density at radius 2 is 2.05 bits per heavy atom. The van der Waals surface area contributed by atoms with Gasteiger partial charge in [-0.1, -0.05) is 11.6 Å². The minimum Gasteiger partial charge on any atom is -0.377 e. The van der Waals surface area contributed by atoms with Gasteiger partial charge < -0.3 is 4.74 Å². The van der Waals surface area contributed by atoms with Gasteiger partial charge in [0, 0.05) is 6.61 Å². The molecule has 1 aliphatic heterocycles. The summed E-state index contributed by atoms with van der Waals surface area (Å²) in [5, 5.41) is 4.93. The highest BCUT2D eigenvalue weighted by Gasteiger charge is 2.24. The highest BCUT2D eigenvalue weighted by molar-refractivity contribution is 7.92. The van der Waals surface area contributed by atoms with Crippen LogP contribution in [0.25, 0.3) is 0 Å². The van der Waals surface area contributed by atoms with Crippen LogP contribution in [-0.4, -0.2) is 35.3 Å². The average molecular weight is 355 g/mol. The molecule has 0 aliphatic carbocycles. The number of rotatable bonds is 5. The van der Waals surface area contributed by atoms with Gasteiger partial charge in [-0.3, -0.25) is 4.72 Å². The van der Waals surface area contributed by atoms with Crippen molar-refractivity contribution in [2.75, 3.05) is 17.1 Å². The maximum Gasteiger partial charge on any atom is 0.238 e. The molecule has 10 heteroatoms. The molecule has 1 atom stereocenters. The third-order valence-corrected chi connectivity index (χ3v) is 5.53. The molecule has 0 spiro atoms. The molecule has 21 heavy (non-hydrogen) atoms. The van der Waals surface area contributed by atoms with Crippen LogP contribution in [0.2, 0.25) is 5.02 Å². The van der Waals surface area contributed by atoms with Crippen molar-refractivity contribution < 1.29 is 21.6 Å². The quantitative estimate of drug-likeness (QED) is 0.815. The summed E-state index contributed by atoms with van der Waals surface area (Å²) in [6, 6.07) is 3.54. The van der Waals surface area contributed by atoms with Gasteiger partial charge in [-0.2, -0.15) is 0 Å². The standard InChI is InChI=1S/C11H15ClN2O5S2/c12-10-6-9(21(13,17)18)3-4-11(10)14-20(15,16)7-8-2-1-5-19-8/h3-4,6,8,14H,1-2,5,7H2,(H2,13,17,18). The van der Waals surface area contributed by atoms with Crippen LogP contribution in [0.4, 0.5) is 5.69 Å². The third kappa shape index (κ3) is 4.55. The summed E-state index contributed by atoms with van der Waals surface area (Å²) in [6.07, 6.45) is 1.20. The molecular formula is C11H15ClN2O5S2. The summed E-state index contributed by atoms with van der Waals surface area (Å²) in [5.41, 5.74) is 0.0991. The molecule has 0 bridgehead atoms. The molecule has 2 rings (SSSR count). The summed E-state index contributed by atoms with van der Waals surface area (Å²) in [5.74, 6) is -0.166. The second-order valence-corrected chi connectivity index (χ2v) is 8.44. The van der Waals surface area contributed by atoms with Gasteiger partial charge in [-0.05, 0) is 31.0 Å². The number of hydrogen-bond acceptors (Lipinski definition) is 5.